The zero-order valence-corrected chi connectivity index (χ0v) is 15.9. The van der Waals surface area contributed by atoms with Gasteiger partial charge in [-0.3, -0.25) is 4.90 Å². The third-order valence-corrected chi connectivity index (χ3v) is 6.18. The molecule has 4 rings (SSSR count). The Hall–Kier alpha value is -1.65. The number of benzene rings is 1. The van der Waals surface area contributed by atoms with Gasteiger partial charge < -0.3 is 4.90 Å². The van der Waals surface area contributed by atoms with Gasteiger partial charge in [0.15, 0.2) is 0 Å². The van der Waals surface area contributed by atoms with Crippen molar-refractivity contribution < 1.29 is 0 Å². The van der Waals surface area contributed by atoms with Gasteiger partial charge in [-0.25, -0.2) is 4.68 Å². The first-order chi connectivity index (χ1) is 12.0. The van der Waals surface area contributed by atoms with Gasteiger partial charge in [0.2, 0.25) is 0 Å². The van der Waals surface area contributed by atoms with Crippen LogP contribution >= 0.6 is 0 Å². The molecule has 3 atom stereocenters. The first kappa shape index (κ1) is 16.8. The summed E-state index contributed by atoms with van der Waals surface area (Å²) >= 11 is 0. The van der Waals surface area contributed by atoms with Gasteiger partial charge >= 0.3 is 0 Å². The predicted octanol–water partition coefficient (Wildman–Crippen LogP) is 3.26. The quantitative estimate of drug-likeness (QED) is 0.855. The molecule has 25 heavy (non-hydrogen) atoms. The van der Waals surface area contributed by atoms with Crippen molar-refractivity contribution in [1.29, 1.82) is 0 Å². The van der Waals surface area contributed by atoms with Crippen LogP contribution in [0.1, 0.15) is 29.5 Å². The van der Waals surface area contributed by atoms with Crippen LogP contribution in [0.5, 0.6) is 0 Å². The Balaban J connectivity index is 1.60. The molecule has 4 heteroatoms. The molecular weight excluding hydrogens is 308 g/mol. The standard InChI is InChI=1S/C21H30N4/c1-15-10-16(2)19(20(11-15)25-9-5-8-22-25)14-24-12-17-6-7-18(13-24)21(17)23(3)4/h5,8-11,17-18,21H,6-7,12-14H2,1-4H3/t17-,18+,21?. The summed E-state index contributed by atoms with van der Waals surface area (Å²) in [6.07, 6.45) is 6.70. The summed E-state index contributed by atoms with van der Waals surface area (Å²) in [6, 6.07) is 7.37. The van der Waals surface area contributed by atoms with E-state index in [1.54, 1.807) is 0 Å². The Labute approximate surface area is 151 Å². The molecule has 0 amide bonds. The van der Waals surface area contributed by atoms with Gasteiger partial charge in [0, 0.05) is 38.1 Å². The van der Waals surface area contributed by atoms with Crippen LogP contribution in [0.4, 0.5) is 0 Å². The Morgan fingerprint density at radius 1 is 1.12 bits per heavy atom. The lowest BCUT2D eigenvalue weighted by Gasteiger charge is -2.41. The predicted molar refractivity (Wildman–Crippen MR) is 102 cm³/mol. The van der Waals surface area contributed by atoms with Crippen LogP contribution in [-0.2, 0) is 6.54 Å². The highest BCUT2D eigenvalue weighted by Gasteiger charge is 2.42. The van der Waals surface area contributed by atoms with Crippen molar-refractivity contribution in [2.75, 3.05) is 27.2 Å². The number of hydrogen-bond donors (Lipinski definition) is 0. The molecule has 2 aromatic rings. The molecule has 1 aliphatic heterocycles. The average Bonchev–Trinajstić information content (AvgIpc) is 3.17. The summed E-state index contributed by atoms with van der Waals surface area (Å²) in [7, 11) is 4.51. The lowest BCUT2D eigenvalue weighted by atomic mass is 9.90. The maximum atomic E-state index is 4.49. The highest BCUT2D eigenvalue weighted by atomic mass is 15.3. The summed E-state index contributed by atoms with van der Waals surface area (Å²) in [5.74, 6) is 1.65. The molecule has 0 N–H and O–H groups in total. The fraction of sp³-hybridized carbons (Fsp3) is 0.571. The fourth-order valence-electron chi connectivity index (χ4n) is 5.28. The van der Waals surface area contributed by atoms with Crippen LogP contribution in [-0.4, -0.2) is 52.8 Å². The molecule has 1 aromatic carbocycles. The van der Waals surface area contributed by atoms with Gasteiger partial charge in [-0.2, -0.15) is 5.10 Å². The van der Waals surface area contributed by atoms with E-state index in [2.05, 4.69) is 61.2 Å². The molecule has 2 aliphatic rings. The van der Waals surface area contributed by atoms with Gasteiger partial charge in [0.05, 0.1) is 5.69 Å². The fourth-order valence-corrected chi connectivity index (χ4v) is 5.28. The minimum absolute atomic E-state index is 0.779. The van der Waals surface area contributed by atoms with E-state index in [0.717, 1.165) is 24.4 Å². The molecule has 0 radical (unpaired) electrons. The number of rotatable bonds is 4. The van der Waals surface area contributed by atoms with Crippen LogP contribution in [0.25, 0.3) is 5.69 Å². The number of fused-ring (bicyclic) bond motifs is 2. The minimum atomic E-state index is 0.779. The summed E-state index contributed by atoms with van der Waals surface area (Å²) in [5, 5.41) is 4.49. The molecule has 134 valence electrons. The van der Waals surface area contributed by atoms with Gasteiger partial charge in [0.1, 0.15) is 0 Å². The van der Waals surface area contributed by atoms with Gasteiger partial charge in [-0.05, 0) is 81.4 Å². The van der Waals surface area contributed by atoms with Crippen LogP contribution < -0.4 is 0 Å². The monoisotopic (exact) mass is 338 g/mol. The Morgan fingerprint density at radius 2 is 1.84 bits per heavy atom. The zero-order valence-electron chi connectivity index (χ0n) is 15.9. The Bertz CT molecular complexity index is 721. The second kappa shape index (κ2) is 6.58. The van der Waals surface area contributed by atoms with E-state index >= 15 is 0 Å². The molecule has 1 saturated carbocycles. The summed E-state index contributed by atoms with van der Waals surface area (Å²) < 4.78 is 2.02. The molecule has 1 aliphatic carbocycles. The summed E-state index contributed by atoms with van der Waals surface area (Å²) in [6.45, 7) is 7.91. The molecule has 4 nitrogen and oxygen atoms in total. The van der Waals surface area contributed by atoms with E-state index in [-0.39, 0.29) is 0 Å². The largest absolute Gasteiger partial charge is 0.306 e. The lowest BCUT2D eigenvalue weighted by Crippen LogP contribution is -2.50. The third-order valence-electron chi connectivity index (χ3n) is 6.18. The molecule has 1 saturated heterocycles. The number of nitrogens with zero attached hydrogens (tertiary/aromatic N) is 4. The normalized spacial score (nSPS) is 26.5. The summed E-state index contributed by atoms with van der Waals surface area (Å²) in [4.78, 5) is 5.15. The number of hydrogen-bond acceptors (Lipinski definition) is 3. The van der Waals surface area contributed by atoms with Gasteiger partial charge in [-0.1, -0.05) is 6.07 Å². The van der Waals surface area contributed by atoms with E-state index in [1.807, 2.05) is 16.9 Å². The Kier molecular flexibility index (Phi) is 4.42. The van der Waals surface area contributed by atoms with E-state index in [9.17, 15) is 0 Å². The van der Waals surface area contributed by atoms with E-state index in [0.29, 0.717) is 0 Å². The van der Waals surface area contributed by atoms with Crippen molar-refractivity contribution in [3.05, 3.63) is 47.3 Å². The molecule has 1 unspecified atom stereocenters. The SMILES string of the molecule is Cc1cc(C)c(CN2C[C@H]3CC[C@@H](C2)C3N(C)C)c(-n2cccn2)c1. The maximum absolute atomic E-state index is 4.49. The lowest BCUT2D eigenvalue weighted by molar-refractivity contribution is 0.0713. The van der Waals surface area contributed by atoms with E-state index in [1.165, 1.54) is 48.3 Å². The molecule has 0 spiro atoms. The number of aromatic nitrogens is 2. The van der Waals surface area contributed by atoms with Crippen LogP contribution in [0.15, 0.2) is 30.6 Å². The van der Waals surface area contributed by atoms with E-state index in [4.69, 9.17) is 0 Å². The smallest absolute Gasteiger partial charge is 0.0695 e. The van der Waals surface area contributed by atoms with Crippen LogP contribution in [0.3, 0.4) is 0 Å². The highest BCUT2D eigenvalue weighted by Crippen LogP contribution is 2.40. The second-order valence-corrected chi connectivity index (χ2v) is 8.28. The van der Waals surface area contributed by atoms with Gasteiger partial charge in [-0.15, -0.1) is 0 Å². The van der Waals surface area contributed by atoms with Crippen molar-refractivity contribution >= 4 is 0 Å². The average molecular weight is 338 g/mol. The maximum Gasteiger partial charge on any atom is 0.0695 e. The number of aryl methyl sites for hydroxylation is 2. The minimum Gasteiger partial charge on any atom is -0.306 e. The van der Waals surface area contributed by atoms with E-state index < -0.39 is 0 Å². The second-order valence-electron chi connectivity index (χ2n) is 8.28. The Morgan fingerprint density at radius 3 is 2.44 bits per heavy atom. The van der Waals surface area contributed by atoms with Crippen molar-refractivity contribution in [2.24, 2.45) is 11.8 Å². The number of piperidine rings is 1. The molecule has 2 heterocycles. The molecule has 2 fully saturated rings. The summed E-state index contributed by atoms with van der Waals surface area (Å²) in [5.41, 5.74) is 5.35. The number of likely N-dealkylation sites (tertiary alicyclic amines) is 1. The van der Waals surface area contributed by atoms with Crippen LogP contribution in [0.2, 0.25) is 0 Å². The first-order valence-electron chi connectivity index (χ1n) is 9.52. The molecule has 2 bridgehead atoms. The first-order valence-corrected chi connectivity index (χ1v) is 9.52. The van der Waals surface area contributed by atoms with Crippen molar-refractivity contribution in [2.45, 2.75) is 39.3 Å². The zero-order chi connectivity index (χ0) is 17.6. The van der Waals surface area contributed by atoms with Gasteiger partial charge in [0.25, 0.3) is 0 Å². The van der Waals surface area contributed by atoms with Crippen molar-refractivity contribution in [3.63, 3.8) is 0 Å². The topological polar surface area (TPSA) is 24.3 Å². The van der Waals surface area contributed by atoms with Crippen molar-refractivity contribution in [3.8, 4) is 5.69 Å². The molecular formula is C21H30N4. The third kappa shape index (κ3) is 3.13. The van der Waals surface area contributed by atoms with Crippen molar-refractivity contribution in [1.82, 2.24) is 19.6 Å². The highest BCUT2D eigenvalue weighted by molar-refractivity contribution is 5.48. The molecule has 1 aromatic heterocycles. The van der Waals surface area contributed by atoms with Crippen LogP contribution in [0, 0.1) is 25.7 Å².